The normalized spacial score (nSPS) is 14.2. The summed E-state index contributed by atoms with van der Waals surface area (Å²) in [6.07, 6.45) is 0.197. The first kappa shape index (κ1) is 18.7. The molecule has 0 fully saturated rings. The van der Waals surface area contributed by atoms with Gasteiger partial charge in [-0.2, -0.15) is 0 Å². The van der Waals surface area contributed by atoms with Gasteiger partial charge in [0.05, 0.1) is 36.7 Å². The van der Waals surface area contributed by atoms with E-state index in [0.717, 1.165) is 27.8 Å². The molecule has 0 saturated carbocycles. The highest BCUT2D eigenvalue weighted by atomic mass is 16.5. The standard InChI is InChI=1S/C22H22N4O3/c1-13-4-9-17-16(10-13)24-22(25(17)2)20-18(27)12-26(21(20)23)15-7-5-14(6-8-15)11-19(28)29-3/h4-10,23,27H,11-12H2,1-3H3. The van der Waals surface area contributed by atoms with Crippen LogP contribution in [0.2, 0.25) is 0 Å². The minimum absolute atomic E-state index is 0.115. The van der Waals surface area contributed by atoms with Crippen LogP contribution >= 0.6 is 0 Å². The fourth-order valence-corrected chi connectivity index (χ4v) is 3.60. The lowest BCUT2D eigenvalue weighted by molar-refractivity contribution is -0.139. The molecule has 3 aromatic rings. The minimum atomic E-state index is -0.301. The van der Waals surface area contributed by atoms with Crippen molar-refractivity contribution in [1.29, 1.82) is 5.41 Å². The number of carbonyl (C=O) groups is 1. The number of ether oxygens (including phenoxy) is 1. The van der Waals surface area contributed by atoms with E-state index < -0.39 is 0 Å². The predicted octanol–water partition coefficient (Wildman–Crippen LogP) is 3.36. The highest BCUT2D eigenvalue weighted by molar-refractivity contribution is 6.30. The molecule has 0 bridgehead atoms. The van der Waals surface area contributed by atoms with Gasteiger partial charge in [-0.15, -0.1) is 0 Å². The van der Waals surface area contributed by atoms with Crippen LogP contribution in [-0.4, -0.2) is 40.1 Å². The number of anilines is 1. The van der Waals surface area contributed by atoms with Crippen LogP contribution in [0.5, 0.6) is 0 Å². The Morgan fingerprint density at radius 3 is 2.66 bits per heavy atom. The van der Waals surface area contributed by atoms with Gasteiger partial charge in [0, 0.05) is 12.7 Å². The zero-order valence-corrected chi connectivity index (χ0v) is 16.6. The van der Waals surface area contributed by atoms with E-state index in [1.807, 2.05) is 61.0 Å². The van der Waals surface area contributed by atoms with Gasteiger partial charge in [-0.05, 0) is 42.3 Å². The maximum atomic E-state index is 11.4. The topological polar surface area (TPSA) is 91.4 Å². The van der Waals surface area contributed by atoms with Gasteiger partial charge < -0.3 is 19.3 Å². The molecule has 7 nitrogen and oxygen atoms in total. The third-order valence-electron chi connectivity index (χ3n) is 5.19. The van der Waals surface area contributed by atoms with E-state index >= 15 is 0 Å². The second-order valence-electron chi connectivity index (χ2n) is 7.16. The van der Waals surface area contributed by atoms with Crippen molar-refractivity contribution in [2.24, 2.45) is 7.05 Å². The van der Waals surface area contributed by atoms with Crippen LogP contribution in [0, 0.1) is 12.3 Å². The summed E-state index contributed by atoms with van der Waals surface area (Å²) in [4.78, 5) is 17.8. The first-order valence-corrected chi connectivity index (χ1v) is 9.27. The lowest BCUT2D eigenvalue weighted by atomic mass is 10.1. The van der Waals surface area contributed by atoms with Crippen LogP contribution in [0.4, 0.5) is 5.69 Å². The molecule has 0 atom stereocenters. The Hall–Kier alpha value is -3.61. The molecule has 2 heterocycles. The Labute approximate surface area is 168 Å². The number of nitrogens with one attached hydrogen (secondary N) is 1. The summed E-state index contributed by atoms with van der Waals surface area (Å²) in [6.45, 7) is 2.21. The smallest absolute Gasteiger partial charge is 0.309 e. The van der Waals surface area contributed by atoms with E-state index in [-0.39, 0.29) is 30.5 Å². The van der Waals surface area contributed by atoms with Crippen molar-refractivity contribution < 1.29 is 14.6 Å². The number of hydrogen-bond donors (Lipinski definition) is 2. The zero-order valence-electron chi connectivity index (χ0n) is 16.6. The number of methoxy groups -OCH3 is 1. The number of imidazole rings is 1. The Kier molecular flexibility index (Phi) is 4.58. The summed E-state index contributed by atoms with van der Waals surface area (Å²) in [5.74, 6) is 0.574. The molecular weight excluding hydrogens is 368 g/mol. The fourth-order valence-electron chi connectivity index (χ4n) is 3.60. The van der Waals surface area contributed by atoms with Gasteiger partial charge in [0.15, 0.2) is 0 Å². The van der Waals surface area contributed by atoms with Gasteiger partial charge in [0.25, 0.3) is 0 Å². The Bertz CT molecular complexity index is 1160. The molecule has 2 aromatic carbocycles. The van der Waals surface area contributed by atoms with Crippen LogP contribution in [-0.2, 0) is 23.0 Å². The minimum Gasteiger partial charge on any atom is -0.509 e. The number of benzene rings is 2. The molecule has 0 unspecified atom stereocenters. The third kappa shape index (κ3) is 3.24. The quantitative estimate of drug-likeness (QED) is 0.667. The summed E-state index contributed by atoms with van der Waals surface area (Å²) in [5, 5.41) is 19.3. The molecule has 0 aliphatic carbocycles. The Morgan fingerprint density at radius 1 is 1.24 bits per heavy atom. The molecule has 4 rings (SSSR count). The molecule has 1 aromatic heterocycles. The number of aryl methyl sites for hydroxylation is 2. The number of fused-ring (bicyclic) bond motifs is 1. The van der Waals surface area contributed by atoms with E-state index in [1.54, 1.807) is 4.90 Å². The number of amidine groups is 1. The molecule has 1 aliphatic rings. The number of hydrogen-bond acceptors (Lipinski definition) is 5. The number of rotatable bonds is 4. The van der Waals surface area contributed by atoms with Crippen molar-refractivity contribution in [2.75, 3.05) is 18.6 Å². The number of aliphatic hydroxyl groups is 1. The summed E-state index contributed by atoms with van der Waals surface area (Å²) in [7, 11) is 3.25. The maximum Gasteiger partial charge on any atom is 0.309 e. The number of aromatic nitrogens is 2. The van der Waals surface area contributed by atoms with Crippen LogP contribution in [0.15, 0.2) is 48.2 Å². The van der Waals surface area contributed by atoms with E-state index in [9.17, 15) is 9.90 Å². The summed E-state index contributed by atoms with van der Waals surface area (Å²) >= 11 is 0. The van der Waals surface area contributed by atoms with Crippen LogP contribution < -0.4 is 4.90 Å². The van der Waals surface area contributed by atoms with Gasteiger partial charge >= 0.3 is 5.97 Å². The summed E-state index contributed by atoms with van der Waals surface area (Å²) in [5.41, 5.74) is 4.91. The van der Waals surface area contributed by atoms with Crippen molar-refractivity contribution in [1.82, 2.24) is 9.55 Å². The molecule has 1 aliphatic heterocycles. The molecule has 0 spiro atoms. The second-order valence-corrected chi connectivity index (χ2v) is 7.16. The summed E-state index contributed by atoms with van der Waals surface area (Å²) in [6, 6.07) is 13.3. The fraction of sp³-hybridized carbons (Fsp3) is 0.227. The van der Waals surface area contributed by atoms with Crippen molar-refractivity contribution in [3.63, 3.8) is 0 Å². The largest absolute Gasteiger partial charge is 0.509 e. The van der Waals surface area contributed by atoms with Crippen molar-refractivity contribution in [3.05, 3.63) is 65.2 Å². The monoisotopic (exact) mass is 390 g/mol. The van der Waals surface area contributed by atoms with Crippen LogP contribution in [0.3, 0.4) is 0 Å². The molecule has 0 radical (unpaired) electrons. The average Bonchev–Trinajstić information content (AvgIpc) is 3.17. The van der Waals surface area contributed by atoms with Gasteiger partial charge in [-0.25, -0.2) is 4.98 Å². The van der Waals surface area contributed by atoms with Crippen LogP contribution in [0.1, 0.15) is 17.0 Å². The average molecular weight is 390 g/mol. The number of aliphatic hydroxyl groups excluding tert-OH is 1. The van der Waals surface area contributed by atoms with Crippen molar-refractivity contribution in [3.8, 4) is 0 Å². The maximum absolute atomic E-state index is 11.4. The first-order valence-electron chi connectivity index (χ1n) is 9.27. The molecule has 2 N–H and O–H groups in total. The Balaban J connectivity index is 1.64. The molecule has 29 heavy (non-hydrogen) atoms. The highest BCUT2D eigenvalue weighted by Gasteiger charge is 2.32. The van der Waals surface area contributed by atoms with Gasteiger partial charge in [-0.3, -0.25) is 10.2 Å². The lowest BCUT2D eigenvalue weighted by Gasteiger charge is -2.19. The number of esters is 1. The van der Waals surface area contributed by atoms with Crippen molar-refractivity contribution in [2.45, 2.75) is 13.3 Å². The van der Waals surface area contributed by atoms with Crippen LogP contribution in [0.25, 0.3) is 16.6 Å². The molecule has 0 amide bonds. The van der Waals surface area contributed by atoms with Gasteiger partial charge in [0.2, 0.25) is 0 Å². The zero-order chi connectivity index (χ0) is 20.7. The predicted molar refractivity (Wildman–Crippen MR) is 112 cm³/mol. The number of carbonyl (C=O) groups excluding carboxylic acids is 1. The lowest BCUT2D eigenvalue weighted by Crippen LogP contribution is -2.26. The first-order chi connectivity index (χ1) is 13.9. The molecule has 148 valence electrons. The van der Waals surface area contributed by atoms with Gasteiger partial charge in [0.1, 0.15) is 17.4 Å². The van der Waals surface area contributed by atoms with Gasteiger partial charge in [-0.1, -0.05) is 18.2 Å². The Morgan fingerprint density at radius 2 is 1.97 bits per heavy atom. The SMILES string of the molecule is COC(=O)Cc1ccc(N2CC(O)=C(c3nc4cc(C)ccc4n3C)C2=N)cc1. The second kappa shape index (κ2) is 7.09. The summed E-state index contributed by atoms with van der Waals surface area (Å²) < 4.78 is 6.59. The number of nitrogens with zero attached hydrogens (tertiary/aromatic N) is 3. The van der Waals surface area contributed by atoms with E-state index in [0.29, 0.717) is 11.4 Å². The van der Waals surface area contributed by atoms with E-state index in [4.69, 9.17) is 5.41 Å². The molecule has 0 saturated heterocycles. The highest BCUT2D eigenvalue weighted by Crippen LogP contribution is 2.32. The van der Waals surface area contributed by atoms with E-state index in [1.165, 1.54) is 7.11 Å². The van der Waals surface area contributed by atoms with Crippen molar-refractivity contribution >= 4 is 34.1 Å². The molecule has 7 heteroatoms. The third-order valence-corrected chi connectivity index (χ3v) is 5.19. The van der Waals surface area contributed by atoms with E-state index in [2.05, 4.69) is 9.72 Å². The molecular formula is C22H22N4O3.